The van der Waals surface area contributed by atoms with Gasteiger partial charge in [-0.1, -0.05) is 0 Å². The summed E-state index contributed by atoms with van der Waals surface area (Å²) >= 11 is 0. The lowest BCUT2D eigenvalue weighted by Gasteiger charge is -2.21. The molecule has 0 unspecified atom stereocenters. The number of carbonyl (C=O) groups is 2. The molecule has 13 heavy (non-hydrogen) atoms. The second-order valence-electron chi connectivity index (χ2n) is 2.75. The molecule has 0 heterocycles. The lowest BCUT2D eigenvalue weighted by molar-refractivity contribution is -0.141. The summed E-state index contributed by atoms with van der Waals surface area (Å²) in [6, 6.07) is 0. The molecule has 0 bridgehead atoms. The second kappa shape index (κ2) is 5.03. The molecule has 0 saturated heterocycles. The molecule has 0 aromatic rings. The Hall–Kier alpha value is -0.820. The zero-order chi connectivity index (χ0) is 10.5. The Morgan fingerprint density at radius 3 is 1.92 bits per heavy atom. The second-order valence-corrected chi connectivity index (χ2v) is 2.75. The van der Waals surface area contributed by atoms with E-state index in [1.807, 2.05) is 0 Å². The molecule has 0 aliphatic heterocycles. The van der Waals surface area contributed by atoms with E-state index in [2.05, 4.69) is 0 Å². The van der Waals surface area contributed by atoms with Gasteiger partial charge in [0.1, 0.15) is 6.10 Å². The Labute approximate surface area is 74.4 Å². The van der Waals surface area contributed by atoms with Crippen molar-refractivity contribution in [3.05, 3.63) is 0 Å². The third kappa shape index (κ3) is 3.60. The van der Waals surface area contributed by atoms with Crippen LogP contribution < -0.4 is 0 Å². The lowest BCUT2D eigenvalue weighted by Crippen LogP contribution is -2.42. The molecule has 0 aliphatic rings. The Morgan fingerprint density at radius 2 is 1.62 bits per heavy atom. The van der Waals surface area contributed by atoms with Gasteiger partial charge in [0, 0.05) is 6.42 Å². The first-order valence-corrected chi connectivity index (χ1v) is 3.61. The number of hydrogen-bond acceptors (Lipinski definition) is 6. The van der Waals surface area contributed by atoms with Crippen molar-refractivity contribution in [2.45, 2.75) is 24.2 Å². The maximum atomic E-state index is 10.2. The number of hydrogen-bond donors (Lipinski definition) is 4. The van der Waals surface area contributed by atoms with Gasteiger partial charge in [-0.15, -0.1) is 0 Å². The molecule has 0 rings (SSSR count). The minimum absolute atomic E-state index is 0.0344. The van der Waals surface area contributed by atoms with Gasteiger partial charge in [-0.2, -0.15) is 0 Å². The van der Waals surface area contributed by atoms with Gasteiger partial charge in [0.2, 0.25) is 0 Å². The molecule has 0 amide bonds. The van der Waals surface area contributed by atoms with E-state index >= 15 is 0 Å². The first kappa shape index (κ1) is 12.2. The minimum atomic E-state index is -2.30. The highest BCUT2D eigenvalue weighted by atomic mass is 16.4. The van der Waals surface area contributed by atoms with Gasteiger partial charge < -0.3 is 20.4 Å². The van der Waals surface area contributed by atoms with Crippen LogP contribution in [0.15, 0.2) is 0 Å². The Bertz CT molecular complexity index is 172. The van der Waals surface area contributed by atoms with E-state index in [1.54, 1.807) is 0 Å². The van der Waals surface area contributed by atoms with Crippen LogP contribution in [0.1, 0.15) is 6.42 Å². The predicted octanol–water partition coefficient (Wildman–Crippen LogP) is -2.78. The summed E-state index contributed by atoms with van der Waals surface area (Å²) in [6.45, 7) is -0.713. The zero-order valence-corrected chi connectivity index (χ0v) is 6.83. The molecule has 2 atom stereocenters. The maximum Gasteiger partial charge on any atom is 0.177 e. The van der Waals surface area contributed by atoms with Crippen LogP contribution in [-0.2, 0) is 9.59 Å². The predicted molar refractivity (Wildman–Crippen MR) is 40.8 cm³/mol. The molecule has 0 aliphatic carbocycles. The maximum absolute atomic E-state index is 10.2. The highest BCUT2D eigenvalue weighted by Crippen LogP contribution is 2.10. The van der Waals surface area contributed by atoms with Crippen LogP contribution in [0.25, 0.3) is 0 Å². The number of aliphatic hydroxyl groups excluding tert-OH is 3. The summed E-state index contributed by atoms with van der Waals surface area (Å²) in [5, 5.41) is 35.3. The topological polar surface area (TPSA) is 115 Å². The van der Waals surface area contributed by atoms with Gasteiger partial charge >= 0.3 is 0 Å². The van der Waals surface area contributed by atoms with E-state index < -0.39 is 30.8 Å². The smallest absolute Gasteiger partial charge is 0.177 e. The normalized spacial score (nSPS) is 16.3. The highest BCUT2D eigenvalue weighted by molar-refractivity contribution is 5.86. The Morgan fingerprint density at radius 1 is 1.15 bits per heavy atom. The van der Waals surface area contributed by atoms with Crippen molar-refractivity contribution < 1.29 is 30.0 Å². The summed E-state index contributed by atoms with van der Waals surface area (Å²) in [5.41, 5.74) is -2.30. The van der Waals surface area contributed by atoms with Crippen LogP contribution in [0.2, 0.25) is 0 Å². The highest BCUT2D eigenvalue weighted by Gasteiger charge is 2.31. The van der Waals surface area contributed by atoms with Crippen molar-refractivity contribution in [1.82, 2.24) is 0 Å². The van der Waals surface area contributed by atoms with Gasteiger partial charge in [0.15, 0.2) is 18.2 Å². The van der Waals surface area contributed by atoms with Crippen LogP contribution in [0.4, 0.5) is 0 Å². The standard InChI is InChI=1S/C7H12O6/c8-2-6(12)5(11)1-7(13,3-9)4-10/h3-6,8,11-13H,1-2H2/t5-,6+/m0/s1. The molecule has 0 aromatic heterocycles. The van der Waals surface area contributed by atoms with E-state index in [1.165, 1.54) is 0 Å². The van der Waals surface area contributed by atoms with Gasteiger partial charge in [-0.3, -0.25) is 9.59 Å². The van der Waals surface area contributed by atoms with Crippen LogP contribution in [0, 0.1) is 0 Å². The summed E-state index contributed by atoms with van der Waals surface area (Å²) in [5.74, 6) is 0. The average molecular weight is 192 g/mol. The third-order valence-corrected chi connectivity index (χ3v) is 1.58. The van der Waals surface area contributed by atoms with Gasteiger partial charge in [0.25, 0.3) is 0 Å². The fourth-order valence-electron chi connectivity index (χ4n) is 0.717. The first-order chi connectivity index (χ1) is 5.99. The molecule has 0 spiro atoms. The summed E-state index contributed by atoms with van der Waals surface area (Å²) < 4.78 is 0. The molecule has 6 nitrogen and oxygen atoms in total. The monoisotopic (exact) mass is 192 g/mol. The van der Waals surface area contributed by atoms with Gasteiger partial charge in [-0.05, 0) is 0 Å². The molecule has 0 aromatic carbocycles. The summed E-state index contributed by atoms with van der Waals surface area (Å²) in [4.78, 5) is 20.3. The molecule has 4 N–H and O–H groups in total. The van der Waals surface area contributed by atoms with E-state index in [0.717, 1.165) is 0 Å². The van der Waals surface area contributed by atoms with Gasteiger partial charge in [0.05, 0.1) is 12.7 Å². The molecule has 0 radical (unpaired) electrons. The van der Waals surface area contributed by atoms with Crippen LogP contribution in [0.3, 0.4) is 0 Å². The van der Waals surface area contributed by atoms with Crippen molar-refractivity contribution in [2.75, 3.05) is 6.61 Å². The van der Waals surface area contributed by atoms with Crippen molar-refractivity contribution in [3.8, 4) is 0 Å². The van der Waals surface area contributed by atoms with Crippen LogP contribution in [-0.4, -0.2) is 57.4 Å². The SMILES string of the molecule is O=CC(O)(C=O)C[C@H](O)[C@H](O)CO. The molecular weight excluding hydrogens is 180 g/mol. The number of rotatable bonds is 6. The molecular formula is C7H12O6. The third-order valence-electron chi connectivity index (χ3n) is 1.58. The van der Waals surface area contributed by atoms with E-state index in [0.29, 0.717) is 0 Å². The largest absolute Gasteiger partial charge is 0.394 e. The minimum Gasteiger partial charge on any atom is -0.394 e. The Kier molecular flexibility index (Phi) is 4.71. The van der Waals surface area contributed by atoms with Gasteiger partial charge in [-0.25, -0.2) is 0 Å². The van der Waals surface area contributed by atoms with Crippen molar-refractivity contribution >= 4 is 12.6 Å². The van der Waals surface area contributed by atoms with E-state index in [4.69, 9.17) is 20.4 Å². The molecule has 76 valence electrons. The number of aliphatic hydroxyl groups is 4. The lowest BCUT2D eigenvalue weighted by atomic mass is 9.97. The fraction of sp³-hybridized carbons (Fsp3) is 0.714. The molecule has 6 heteroatoms. The zero-order valence-electron chi connectivity index (χ0n) is 6.83. The quantitative estimate of drug-likeness (QED) is 0.267. The van der Waals surface area contributed by atoms with Crippen molar-refractivity contribution in [2.24, 2.45) is 0 Å². The first-order valence-electron chi connectivity index (χ1n) is 3.61. The van der Waals surface area contributed by atoms with Crippen molar-refractivity contribution in [1.29, 1.82) is 0 Å². The summed E-state index contributed by atoms with van der Waals surface area (Å²) in [7, 11) is 0. The number of carbonyl (C=O) groups excluding carboxylic acids is 2. The summed E-state index contributed by atoms with van der Waals surface area (Å²) in [6.07, 6.45) is -3.71. The molecule has 0 fully saturated rings. The van der Waals surface area contributed by atoms with E-state index in [9.17, 15) is 9.59 Å². The molecule has 0 saturated carbocycles. The van der Waals surface area contributed by atoms with Crippen molar-refractivity contribution in [3.63, 3.8) is 0 Å². The fourth-order valence-corrected chi connectivity index (χ4v) is 0.717. The Balaban J connectivity index is 4.24. The average Bonchev–Trinajstić information content (AvgIpc) is 2.16. The van der Waals surface area contributed by atoms with Crippen LogP contribution in [0.5, 0.6) is 0 Å². The van der Waals surface area contributed by atoms with Crippen LogP contribution >= 0.6 is 0 Å². The van der Waals surface area contributed by atoms with E-state index in [-0.39, 0.29) is 12.6 Å². The number of aldehydes is 2.